The van der Waals surface area contributed by atoms with Crippen LogP contribution in [0.5, 0.6) is 0 Å². The zero-order valence-electron chi connectivity index (χ0n) is 30.8. The Bertz CT molecular complexity index is 3810. The summed E-state index contributed by atoms with van der Waals surface area (Å²) in [4.78, 5) is 16.0. The van der Waals surface area contributed by atoms with Crippen LogP contribution in [-0.2, 0) is 0 Å². The lowest BCUT2D eigenvalue weighted by Gasteiger charge is -2.15. The number of benzene rings is 8. The van der Waals surface area contributed by atoms with Crippen molar-refractivity contribution in [1.82, 2.24) is 24.1 Å². The van der Waals surface area contributed by atoms with Crippen LogP contribution >= 0.6 is 0 Å². The molecular formula is C51H29N5O2. The fourth-order valence-corrected chi connectivity index (χ4v) is 9.08. The van der Waals surface area contributed by atoms with Gasteiger partial charge in [0.15, 0.2) is 22.8 Å². The first-order chi connectivity index (χ1) is 28.8. The van der Waals surface area contributed by atoms with Crippen LogP contribution < -0.4 is 0 Å². The second kappa shape index (κ2) is 11.7. The van der Waals surface area contributed by atoms with E-state index in [1.165, 1.54) is 0 Å². The highest BCUT2D eigenvalue weighted by molar-refractivity contribution is 6.23. The molecule has 0 atom stereocenters. The molecule has 0 spiro atoms. The molecule has 5 aromatic heterocycles. The summed E-state index contributed by atoms with van der Waals surface area (Å²) in [5.41, 5.74) is 9.94. The number of hydrogen-bond acceptors (Lipinski definition) is 5. The van der Waals surface area contributed by atoms with Crippen molar-refractivity contribution >= 4 is 87.5 Å². The molecule has 0 saturated heterocycles. The molecule has 7 nitrogen and oxygen atoms in total. The van der Waals surface area contributed by atoms with E-state index in [0.717, 1.165) is 104 Å². The smallest absolute Gasteiger partial charge is 0.238 e. The molecule has 0 unspecified atom stereocenters. The van der Waals surface area contributed by atoms with Crippen LogP contribution in [0, 0.1) is 0 Å². The van der Waals surface area contributed by atoms with E-state index in [-0.39, 0.29) is 0 Å². The van der Waals surface area contributed by atoms with Gasteiger partial charge in [-0.3, -0.25) is 4.57 Å². The van der Waals surface area contributed by atoms with Crippen LogP contribution in [-0.4, -0.2) is 24.1 Å². The van der Waals surface area contributed by atoms with Gasteiger partial charge in [0, 0.05) is 54.2 Å². The van der Waals surface area contributed by atoms with E-state index in [4.69, 9.17) is 23.8 Å². The Morgan fingerprint density at radius 3 is 1.48 bits per heavy atom. The van der Waals surface area contributed by atoms with Crippen LogP contribution in [0.4, 0.5) is 0 Å². The Morgan fingerprint density at radius 2 is 0.828 bits per heavy atom. The normalized spacial score (nSPS) is 12.1. The van der Waals surface area contributed by atoms with E-state index in [2.05, 4.69) is 124 Å². The number of nitrogens with zero attached hydrogens (tertiary/aromatic N) is 5. The first-order valence-electron chi connectivity index (χ1n) is 19.4. The van der Waals surface area contributed by atoms with E-state index in [1.807, 2.05) is 60.7 Å². The third-order valence-corrected chi connectivity index (χ3v) is 11.6. The summed E-state index contributed by atoms with van der Waals surface area (Å²) in [5.74, 6) is 1.62. The topological polar surface area (TPSA) is 74.8 Å². The highest BCUT2D eigenvalue weighted by atomic mass is 16.3. The van der Waals surface area contributed by atoms with E-state index in [1.54, 1.807) is 0 Å². The van der Waals surface area contributed by atoms with Crippen LogP contribution in [0.3, 0.4) is 0 Å². The van der Waals surface area contributed by atoms with E-state index in [0.29, 0.717) is 17.6 Å². The number of aromatic nitrogens is 5. The molecule has 0 aliphatic rings. The van der Waals surface area contributed by atoms with Gasteiger partial charge in [0.2, 0.25) is 5.95 Å². The first kappa shape index (κ1) is 31.2. The maximum atomic E-state index is 6.71. The second-order valence-electron chi connectivity index (χ2n) is 14.7. The minimum atomic E-state index is 0.500. The second-order valence-corrected chi connectivity index (χ2v) is 14.7. The summed E-state index contributed by atoms with van der Waals surface area (Å²) >= 11 is 0. The van der Waals surface area contributed by atoms with Crippen molar-refractivity contribution in [3.8, 4) is 34.4 Å². The van der Waals surface area contributed by atoms with Gasteiger partial charge in [-0.2, -0.15) is 9.97 Å². The van der Waals surface area contributed by atoms with Gasteiger partial charge in [0.25, 0.3) is 0 Å². The molecule has 0 fully saturated rings. The maximum absolute atomic E-state index is 6.71. The van der Waals surface area contributed by atoms with Crippen molar-refractivity contribution in [2.45, 2.75) is 0 Å². The Balaban J connectivity index is 1.14. The molecule has 0 aliphatic heterocycles. The van der Waals surface area contributed by atoms with E-state index < -0.39 is 0 Å². The molecular weight excluding hydrogens is 715 g/mol. The van der Waals surface area contributed by atoms with Gasteiger partial charge in [-0.15, -0.1) is 0 Å². The molecule has 0 saturated carbocycles. The number of para-hydroxylation sites is 5. The number of furan rings is 2. The molecule has 0 N–H and O–H groups in total. The van der Waals surface area contributed by atoms with Crippen molar-refractivity contribution in [3.63, 3.8) is 0 Å². The molecule has 13 aromatic rings. The Labute approximate surface area is 329 Å². The standard InChI is InChI=1S/C51H29N5O2/c1-2-14-30(15-3-1)49-52-50(54-51(53-49)56-41-22-10-5-17-32(41)36-27-29-38-34-19-8-13-25-44(34)58-48(38)46(36)56)39-20-6-11-23-42(39)55-40-21-9-4-16-31(40)35-26-28-37-33-18-7-12-24-43(33)57-47(37)45(35)55/h1-29H. The highest BCUT2D eigenvalue weighted by Gasteiger charge is 2.25. The number of rotatable bonds is 4. The van der Waals surface area contributed by atoms with Crippen LogP contribution in [0.15, 0.2) is 185 Å². The average Bonchev–Trinajstić information content (AvgIpc) is 4.04. The van der Waals surface area contributed by atoms with Gasteiger partial charge < -0.3 is 13.4 Å². The van der Waals surface area contributed by atoms with Gasteiger partial charge in [0.05, 0.1) is 22.2 Å². The minimum absolute atomic E-state index is 0.500. The quantitative estimate of drug-likeness (QED) is 0.179. The summed E-state index contributed by atoms with van der Waals surface area (Å²) in [6.45, 7) is 0. The van der Waals surface area contributed by atoms with Gasteiger partial charge in [-0.25, -0.2) is 4.98 Å². The van der Waals surface area contributed by atoms with Gasteiger partial charge in [-0.05, 0) is 48.5 Å². The highest BCUT2D eigenvalue weighted by Crippen LogP contribution is 2.43. The molecule has 0 aliphatic carbocycles. The molecule has 5 heterocycles. The Hall–Kier alpha value is -8.03. The van der Waals surface area contributed by atoms with E-state index >= 15 is 0 Å². The minimum Gasteiger partial charge on any atom is -0.454 e. The first-order valence-corrected chi connectivity index (χ1v) is 19.4. The number of fused-ring (bicyclic) bond motifs is 14. The molecule has 0 radical (unpaired) electrons. The lowest BCUT2D eigenvalue weighted by Crippen LogP contribution is -2.08. The number of hydrogen-bond donors (Lipinski definition) is 0. The largest absolute Gasteiger partial charge is 0.454 e. The summed E-state index contributed by atoms with van der Waals surface area (Å²) in [7, 11) is 0. The van der Waals surface area contributed by atoms with Crippen LogP contribution in [0.25, 0.3) is 122 Å². The summed E-state index contributed by atoms with van der Waals surface area (Å²) < 4.78 is 17.9. The maximum Gasteiger partial charge on any atom is 0.238 e. The fraction of sp³-hybridized carbons (Fsp3) is 0. The monoisotopic (exact) mass is 743 g/mol. The van der Waals surface area contributed by atoms with Gasteiger partial charge in [-0.1, -0.05) is 127 Å². The summed E-state index contributed by atoms with van der Waals surface area (Å²) in [6.07, 6.45) is 0. The molecule has 0 amide bonds. The predicted octanol–water partition coefficient (Wildman–Crippen LogP) is 13.2. The average molecular weight is 744 g/mol. The van der Waals surface area contributed by atoms with Gasteiger partial charge in [0.1, 0.15) is 16.7 Å². The summed E-state index contributed by atoms with van der Waals surface area (Å²) in [5, 5.41) is 8.66. The molecule has 270 valence electrons. The van der Waals surface area contributed by atoms with Gasteiger partial charge >= 0.3 is 0 Å². The molecule has 0 bridgehead atoms. The summed E-state index contributed by atoms with van der Waals surface area (Å²) in [6, 6.07) is 60.6. The lowest BCUT2D eigenvalue weighted by molar-refractivity contribution is 0.670. The molecule has 7 heteroatoms. The Morgan fingerprint density at radius 1 is 0.345 bits per heavy atom. The predicted molar refractivity (Wildman–Crippen MR) is 234 cm³/mol. The molecule has 8 aromatic carbocycles. The van der Waals surface area contributed by atoms with Crippen LogP contribution in [0.1, 0.15) is 0 Å². The Kier molecular flexibility index (Phi) is 6.32. The van der Waals surface area contributed by atoms with Crippen molar-refractivity contribution < 1.29 is 8.83 Å². The van der Waals surface area contributed by atoms with E-state index in [9.17, 15) is 0 Å². The van der Waals surface area contributed by atoms with Crippen molar-refractivity contribution in [3.05, 3.63) is 176 Å². The third kappa shape index (κ3) is 4.30. The fourth-order valence-electron chi connectivity index (χ4n) is 9.08. The zero-order chi connectivity index (χ0) is 37.9. The van der Waals surface area contributed by atoms with Crippen molar-refractivity contribution in [2.75, 3.05) is 0 Å². The van der Waals surface area contributed by atoms with Crippen LogP contribution in [0.2, 0.25) is 0 Å². The van der Waals surface area contributed by atoms with Crippen molar-refractivity contribution in [2.24, 2.45) is 0 Å². The third-order valence-electron chi connectivity index (χ3n) is 11.6. The SMILES string of the molecule is c1ccc(-c2nc(-c3ccccc3-n3c4ccccc4c4ccc5c6ccccc6oc5c43)nc(-n3c4ccccc4c4ccc5c6ccccc6oc5c43)n2)cc1. The molecule has 58 heavy (non-hydrogen) atoms. The molecule has 13 rings (SSSR count). The van der Waals surface area contributed by atoms with Crippen molar-refractivity contribution in [1.29, 1.82) is 0 Å². The zero-order valence-corrected chi connectivity index (χ0v) is 30.8. The lowest BCUT2D eigenvalue weighted by atomic mass is 10.1.